The number of aryl methyl sites for hydroxylation is 1. The number of nitrogens with zero attached hydrogens (tertiary/aromatic N) is 5. The van der Waals surface area contributed by atoms with Gasteiger partial charge in [0.2, 0.25) is 5.95 Å². The van der Waals surface area contributed by atoms with Crippen LogP contribution < -0.4 is 10.5 Å². The van der Waals surface area contributed by atoms with Gasteiger partial charge in [-0.1, -0.05) is 13.0 Å². The van der Waals surface area contributed by atoms with E-state index in [1.807, 2.05) is 11.8 Å². The van der Waals surface area contributed by atoms with Gasteiger partial charge in [0.25, 0.3) is 11.5 Å². The van der Waals surface area contributed by atoms with Crippen LogP contribution in [0, 0.1) is 5.95 Å². The van der Waals surface area contributed by atoms with Crippen LogP contribution in [0.1, 0.15) is 41.6 Å². The highest BCUT2D eigenvalue weighted by Crippen LogP contribution is 2.29. The SMILES string of the molecule is CCc1cnc(C2=CC(N3CCN(c4ccc(C(=O)N(C)C)nc4F)CC3)CC2)[nH]c1=O. The van der Waals surface area contributed by atoms with Crippen molar-refractivity contribution in [2.75, 3.05) is 45.2 Å². The lowest BCUT2D eigenvalue weighted by atomic mass is 10.2. The van der Waals surface area contributed by atoms with E-state index < -0.39 is 5.95 Å². The minimum absolute atomic E-state index is 0.0654. The lowest BCUT2D eigenvalue weighted by Crippen LogP contribution is -2.49. The Balaban J connectivity index is 1.39. The number of pyridine rings is 1. The highest BCUT2D eigenvalue weighted by molar-refractivity contribution is 5.92. The predicted molar refractivity (Wildman–Crippen MR) is 121 cm³/mol. The maximum absolute atomic E-state index is 14.6. The summed E-state index contributed by atoms with van der Waals surface area (Å²) in [5.41, 5.74) is 2.25. The Morgan fingerprint density at radius 3 is 2.62 bits per heavy atom. The Morgan fingerprint density at radius 1 is 1.25 bits per heavy atom. The molecule has 1 aliphatic carbocycles. The molecule has 0 bridgehead atoms. The van der Waals surface area contributed by atoms with E-state index in [2.05, 4.69) is 25.9 Å². The van der Waals surface area contributed by atoms with Gasteiger partial charge in [-0.15, -0.1) is 0 Å². The summed E-state index contributed by atoms with van der Waals surface area (Å²) in [5.74, 6) is -0.266. The fourth-order valence-corrected chi connectivity index (χ4v) is 4.33. The van der Waals surface area contributed by atoms with E-state index in [4.69, 9.17) is 0 Å². The fourth-order valence-electron chi connectivity index (χ4n) is 4.33. The van der Waals surface area contributed by atoms with Crippen LogP contribution in [0.3, 0.4) is 0 Å². The molecule has 3 heterocycles. The van der Waals surface area contributed by atoms with E-state index in [0.717, 1.165) is 31.5 Å². The van der Waals surface area contributed by atoms with E-state index in [9.17, 15) is 14.0 Å². The van der Waals surface area contributed by atoms with Crippen molar-refractivity contribution in [1.82, 2.24) is 24.8 Å². The second-order valence-corrected chi connectivity index (χ2v) is 8.47. The Morgan fingerprint density at radius 2 is 2.00 bits per heavy atom. The standard InChI is InChI=1S/C23H29FN6O2/c1-4-15-14-25-21(27-22(15)31)16-5-6-17(13-16)29-9-11-30(12-10-29)19-8-7-18(26-20(19)24)23(32)28(2)3/h7-8,13-14,17H,4-6,9-12H2,1-3H3,(H,25,27,31). The lowest BCUT2D eigenvalue weighted by Gasteiger charge is -2.38. The van der Waals surface area contributed by atoms with Crippen molar-refractivity contribution in [3.8, 4) is 0 Å². The summed E-state index contributed by atoms with van der Waals surface area (Å²) in [6.45, 7) is 4.89. The van der Waals surface area contributed by atoms with Crippen LogP contribution in [-0.2, 0) is 6.42 Å². The third-order valence-corrected chi connectivity index (χ3v) is 6.24. The molecule has 1 fully saturated rings. The molecule has 4 rings (SSSR count). The molecule has 1 aliphatic heterocycles. The van der Waals surface area contributed by atoms with E-state index in [1.165, 1.54) is 4.90 Å². The van der Waals surface area contributed by atoms with Crippen LogP contribution in [-0.4, -0.2) is 77.0 Å². The molecule has 32 heavy (non-hydrogen) atoms. The molecule has 8 nitrogen and oxygen atoms in total. The highest BCUT2D eigenvalue weighted by Gasteiger charge is 2.28. The molecule has 2 aliphatic rings. The number of carbonyl (C=O) groups excluding carboxylic acids is 1. The Labute approximate surface area is 186 Å². The number of piperazine rings is 1. The van der Waals surface area contributed by atoms with Crippen LogP contribution >= 0.6 is 0 Å². The average Bonchev–Trinajstić information content (AvgIpc) is 3.29. The minimum atomic E-state index is -0.611. The summed E-state index contributed by atoms with van der Waals surface area (Å²) in [4.78, 5) is 41.1. The van der Waals surface area contributed by atoms with Crippen molar-refractivity contribution in [2.24, 2.45) is 0 Å². The monoisotopic (exact) mass is 440 g/mol. The first-order valence-corrected chi connectivity index (χ1v) is 11.0. The Bertz CT molecular complexity index is 1090. The van der Waals surface area contributed by atoms with Crippen molar-refractivity contribution < 1.29 is 9.18 Å². The highest BCUT2D eigenvalue weighted by atomic mass is 19.1. The van der Waals surface area contributed by atoms with Gasteiger partial charge >= 0.3 is 0 Å². The van der Waals surface area contributed by atoms with Gasteiger partial charge in [0.05, 0.1) is 5.69 Å². The zero-order chi connectivity index (χ0) is 22.8. The first-order chi connectivity index (χ1) is 15.4. The summed E-state index contributed by atoms with van der Waals surface area (Å²) < 4.78 is 14.6. The average molecular weight is 441 g/mol. The maximum Gasteiger partial charge on any atom is 0.272 e. The molecule has 0 saturated carbocycles. The smallest absolute Gasteiger partial charge is 0.272 e. The van der Waals surface area contributed by atoms with Gasteiger partial charge in [0, 0.05) is 58.1 Å². The second-order valence-electron chi connectivity index (χ2n) is 8.47. The number of anilines is 1. The van der Waals surface area contributed by atoms with Gasteiger partial charge in [-0.05, 0) is 37.0 Å². The number of halogens is 1. The van der Waals surface area contributed by atoms with E-state index in [-0.39, 0.29) is 23.2 Å². The van der Waals surface area contributed by atoms with E-state index >= 15 is 0 Å². The molecule has 1 amide bonds. The molecular weight excluding hydrogens is 411 g/mol. The quantitative estimate of drug-likeness (QED) is 0.716. The lowest BCUT2D eigenvalue weighted by molar-refractivity contribution is 0.0820. The summed E-state index contributed by atoms with van der Waals surface area (Å²) >= 11 is 0. The first kappa shape index (κ1) is 22.1. The van der Waals surface area contributed by atoms with Gasteiger partial charge in [-0.25, -0.2) is 9.97 Å². The number of amides is 1. The number of nitrogens with one attached hydrogen (secondary N) is 1. The molecule has 9 heteroatoms. The zero-order valence-electron chi connectivity index (χ0n) is 18.8. The number of H-pyrrole nitrogens is 1. The normalized spacial score (nSPS) is 19.2. The van der Waals surface area contributed by atoms with Gasteiger partial charge in [0.1, 0.15) is 11.5 Å². The fraction of sp³-hybridized carbons (Fsp3) is 0.478. The van der Waals surface area contributed by atoms with Crippen molar-refractivity contribution in [2.45, 2.75) is 32.2 Å². The molecule has 1 unspecified atom stereocenters. The second kappa shape index (κ2) is 9.20. The number of hydrogen-bond acceptors (Lipinski definition) is 6. The number of rotatable bonds is 5. The van der Waals surface area contributed by atoms with Gasteiger partial charge in [-0.2, -0.15) is 4.39 Å². The van der Waals surface area contributed by atoms with Gasteiger partial charge in [0.15, 0.2) is 0 Å². The van der Waals surface area contributed by atoms with Crippen molar-refractivity contribution in [3.63, 3.8) is 0 Å². The number of hydrogen-bond donors (Lipinski definition) is 1. The number of aromatic nitrogens is 3. The van der Waals surface area contributed by atoms with Crippen LogP contribution in [0.2, 0.25) is 0 Å². The summed E-state index contributed by atoms with van der Waals surface area (Å²) in [6, 6.07) is 3.51. The Kier molecular flexibility index (Phi) is 6.36. The van der Waals surface area contributed by atoms with Crippen LogP contribution in [0.25, 0.3) is 5.57 Å². The van der Waals surface area contributed by atoms with Crippen molar-refractivity contribution >= 4 is 17.2 Å². The van der Waals surface area contributed by atoms with E-state index in [1.54, 1.807) is 32.4 Å². The summed E-state index contributed by atoms with van der Waals surface area (Å²) in [5, 5.41) is 0. The van der Waals surface area contributed by atoms with E-state index in [0.29, 0.717) is 36.6 Å². The van der Waals surface area contributed by atoms with Gasteiger partial charge in [-0.3, -0.25) is 14.5 Å². The van der Waals surface area contributed by atoms with Crippen molar-refractivity contribution in [3.05, 3.63) is 57.8 Å². The predicted octanol–water partition coefficient (Wildman–Crippen LogP) is 1.94. The molecule has 0 spiro atoms. The largest absolute Gasteiger partial charge is 0.365 e. The maximum atomic E-state index is 14.6. The minimum Gasteiger partial charge on any atom is -0.365 e. The topological polar surface area (TPSA) is 85.4 Å². The van der Waals surface area contributed by atoms with Crippen LogP contribution in [0.5, 0.6) is 0 Å². The molecule has 170 valence electrons. The molecule has 1 N–H and O–H groups in total. The first-order valence-electron chi connectivity index (χ1n) is 11.0. The molecule has 0 radical (unpaired) electrons. The third kappa shape index (κ3) is 4.43. The molecule has 0 aromatic carbocycles. The summed E-state index contributed by atoms with van der Waals surface area (Å²) in [6.07, 6.45) is 6.38. The van der Waals surface area contributed by atoms with Crippen molar-refractivity contribution in [1.29, 1.82) is 0 Å². The molecule has 2 aromatic heterocycles. The third-order valence-electron chi connectivity index (χ3n) is 6.24. The summed E-state index contributed by atoms with van der Waals surface area (Å²) in [7, 11) is 3.23. The van der Waals surface area contributed by atoms with Gasteiger partial charge < -0.3 is 14.8 Å². The number of allylic oxidation sites excluding steroid dienone is 1. The number of carbonyl (C=O) groups is 1. The Hall–Kier alpha value is -3.07. The van der Waals surface area contributed by atoms with Crippen LogP contribution in [0.4, 0.5) is 10.1 Å². The van der Waals surface area contributed by atoms with Crippen LogP contribution in [0.15, 0.2) is 29.2 Å². The zero-order valence-corrected chi connectivity index (χ0v) is 18.8. The molecule has 2 aromatic rings. The molecular formula is C23H29FN6O2. The molecule has 1 atom stereocenters. The molecule has 1 saturated heterocycles. The number of aromatic amines is 1.